The lowest BCUT2D eigenvalue weighted by atomic mass is 10.0. The van der Waals surface area contributed by atoms with E-state index < -0.39 is 0 Å². The van der Waals surface area contributed by atoms with Crippen LogP contribution in [0.2, 0.25) is 0 Å². The fraction of sp³-hybridized carbons (Fsp3) is 0.538. The largest absolute Gasteiger partial charge is 0.465 e. The number of esters is 1. The minimum atomic E-state index is -0.291. The van der Waals surface area contributed by atoms with Crippen LogP contribution < -0.4 is 16.0 Å². The summed E-state index contributed by atoms with van der Waals surface area (Å²) >= 11 is 6.87. The Morgan fingerprint density at radius 2 is 2.30 bits per heavy atom. The lowest BCUT2D eigenvalue weighted by Crippen LogP contribution is -2.30. The molecule has 0 radical (unpaired) electrons. The van der Waals surface area contributed by atoms with Crippen LogP contribution in [0.25, 0.3) is 0 Å². The Morgan fingerprint density at radius 3 is 3.00 bits per heavy atom. The van der Waals surface area contributed by atoms with E-state index >= 15 is 0 Å². The molecule has 0 bridgehead atoms. The smallest absolute Gasteiger partial charge is 0.341 e. The van der Waals surface area contributed by atoms with Crippen molar-refractivity contribution in [1.29, 1.82) is 0 Å². The van der Waals surface area contributed by atoms with E-state index in [4.69, 9.17) is 17.0 Å². The highest BCUT2D eigenvalue weighted by atomic mass is 32.1. The van der Waals surface area contributed by atoms with Crippen LogP contribution in [0.5, 0.6) is 0 Å². The monoisotopic (exact) mass is 311 g/mol. The first-order chi connectivity index (χ1) is 9.69. The third-order valence-corrected chi connectivity index (χ3v) is 4.82. The number of methoxy groups -OCH3 is 1. The minimum absolute atomic E-state index is 0.291. The molecule has 2 aliphatic rings. The Bertz CT molecular complexity index is 552. The van der Waals surface area contributed by atoms with Gasteiger partial charge in [0, 0.05) is 17.5 Å². The molecule has 1 aliphatic carbocycles. The number of anilines is 1. The molecule has 1 aliphatic heterocycles. The van der Waals surface area contributed by atoms with Crippen LogP contribution >= 0.6 is 23.6 Å². The minimum Gasteiger partial charge on any atom is -0.465 e. The lowest BCUT2D eigenvalue weighted by molar-refractivity contribution is 0.0601. The summed E-state index contributed by atoms with van der Waals surface area (Å²) in [5, 5.41) is 11.1. The number of ether oxygens (including phenoxy) is 1. The zero-order valence-electron chi connectivity index (χ0n) is 11.2. The van der Waals surface area contributed by atoms with Gasteiger partial charge in [-0.1, -0.05) is 0 Å². The standard InChI is InChI=1S/C13H17N3O2S2/c1-18-12(17)10-8-4-5-14-6-9(8)20-11(10)16-13(19)15-7-2-3-7/h7,14H,2-6H2,1H3,(H2,15,16,19). The second-order valence-corrected chi connectivity index (χ2v) is 6.51. The fourth-order valence-corrected chi connectivity index (χ4v) is 3.84. The summed E-state index contributed by atoms with van der Waals surface area (Å²) in [5.41, 5.74) is 1.74. The van der Waals surface area contributed by atoms with Gasteiger partial charge in [0.25, 0.3) is 0 Å². The first-order valence-corrected chi connectivity index (χ1v) is 7.92. The first kappa shape index (κ1) is 13.8. The van der Waals surface area contributed by atoms with Crippen molar-refractivity contribution < 1.29 is 9.53 Å². The number of rotatable bonds is 3. The molecule has 1 aromatic rings. The quantitative estimate of drug-likeness (QED) is 0.582. The second-order valence-electron chi connectivity index (χ2n) is 5.00. The zero-order valence-corrected chi connectivity index (χ0v) is 12.9. The van der Waals surface area contributed by atoms with Crippen LogP contribution in [0, 0.1) is 0 Å². The van der Waals surface area contributed by atoms with Gasteiger partial charge in [-0.25, -0.2) is 4.79 Å². The first-order valence-electron chi connectivity index (χ1n) is 6.70. The van der Waals surface area contributed by atoms with Gasteiger partial charge in [0.05, 0.1) is 12.7 Å². The van der Waals surface area contributed by atoms with Crippen LogP contribution in [0.1, 0.15) is 33.6 Å². The van der Waals surface area contributed by atoms with E-state index in [-0.39, 0.29) is 5.97 Å². The topological polar surface area (TPSA) is 62.4 Å². The molecule has 2 heterocycles. The molecular weight excluding hydrogens is 294 g/mol. The number of fused-ring (bicyclic) bond motifs is 1. The Morgan fingerprint density at radius 1 is 1.50 bits per heavy atom. The number of hydrogen-bond acceptors (Lipinski definition) is 5. The molecule has 0 aromatic carbocycles. The van der Waals surface area contributed by atoms with Gasteiger partial charge in [-0.2, -0.15) is 0 Å². The summed E-state index contributed by atoms with van der Waals surface area (Å²) in [6, 6.07) is 0.493. The third kappa shape index (κ3) is 2.79. The van der Waals surface area contributed by atoms with Gasteiger partial charge in [0.1, 0.15) is 5.00 Å². The number of carbonyl (C=O) groups is 1. The fourth-order valence-electron chi connectivity index (χ4n) is 2.29. The van der Waals surface area contributed by atoms with Crippen LogP contribution in [-0.4, -0.2) is 30.8 Å². The Balaban J connectivity index is 1.85. The van der Waals surface area contributed by atoms with Gasteiger partial charge in [-0.05, 0) is 43.6 Å². The van der Waals surface area contributed by atoms with E-state index in [9.17, 15) is 4.79 Å². The summed E-state index contributed by atoms with van der Waals surface area (Å²) in [4.78, 5) is 13.2. The van der Waals surface area contributed by atoms with Gasteiger partial charge in [-0.3, -0.25) is 0 Å². The average Bonchev–Trinajstić information content (AvgIpc) is 3.17. The number of hydrogen-bond donors (Lipinski definition) is 3. The lowest BCUT2D eigenvalue weighted by Gasteiger charge is -2.13. The van der Waals surface area contributed by atoms with Gasteiger partial charge in [0.15, 0.2) is 5.11 Å². The SMILES string of the molecule is COC(=O)c1c(NC(=S)NC2CC2)sc2c1CCNC2. The molecule has 5 nitrogen and oxygen atoms in total. The molecule has 3 N–H and O–H groups in total. The van der Waals surface area contributed by atoms with Crippen molar-refractivity contribution in [1.82, 2.24) is 10.6 Å². The Labute approximate surface area is 127 Å². The molecule has 7 heteroatoms. The molecule has 108 valence electrons. The van der Waals surface area contributed by atoms with E-state index in [2.05, 4.69) is 16.0 Å². The van der Waals surface area contributed by atoms with Crippen LogP contribution in [0.15, 0.2) is 0 Å². The Kier molecular flexibility index (Phi) is 3.91. The predicted octanol–water partition coefficient (Wildman–Crippen LogP) is 1.63. The summed E-state index contributed by atoms with van der Waals surface area (Å²) in [6.45, 7) is 1.69. The molecular formula is C13H17N3O2S2. The van der Waals surface area contributed by atoms with E-state index in [0.29, 0.717) is 16.7 Å². The highest BCUT2D eigenvalue weighted by Gasteiger charge is 2.27. The van der Waals surface area contributed by atoms with E-state index in [0.717, 1.165) is 42.9 Å². The molecule has 20 heavy (non-hydrogen) atoms. The van der Waals surface area contributed by atoms with Crippen LogP contribution in [-0.2, 0) is 17.7 Å². The average molecular weight is 311 g/mol. The van der Waals surface area contributed by atoms with E-state index in [1.54, 1.807) is 11.3 Å². The maximum absolute atomic E-state index is 12.0. The summed E-state index contributed by atoms with van der Waals surface area (Å²) in [6.07, 6.45) is 3.17. The molecule has 0 unspecified atom stereocenters. The van der Waals surface area contributed by atoms with Gasteiger partial charge in [-0.15, -0.1) is 11.3 Å². The number of nitrogens with one attached hydrogen (secondary N) is 3. The molecule has 1 aromatic heterocycles. The Hall–Kier alpha value is -1.18. The summed E-state index contributed by atoms with van der Waals surface area (Å²) in [5.74, 6) is -0.291. The molecule has 0 saturated heterocycles. The van der Waals surface area contributed by atoms with Gasteiger partial charge in [0.2, 0.25) is 0 Å². The highest BCUT2D eigenvalue weighted by molar-refractivity contribution is 7.80. The maximum atomic E-state index is 12.0. The molecule has 0 spiro atoms. The molecule has 1 saturated carbocycles. The van der Waals surface area contributed by atoms with Crippen molar-refractivity contribution >= 4 is 39.6 Å². The molecule has 0 amide bonds. The van der Waals surface area contributed by atoms with E-state index in [1.807, 2.05) is 0 Å². The van der Waals surface area contributed by atoms with Crippen LogP contribution in [0.4, 0.5) is 5.00 Å². The number of carbonyl (C=O) groups excluding carboxylic acids is 1. The number of thiophene rings is 1. The third-order valence-electron chi connectivity index (χ3n) is 3.46. The zero-order chi connectivity index (χ0) is 14.1. The predicted molar refractivity (Wildman–Crippen MR) is 83.4 cm³/mol. The van der Waals surface area contributed by atoms with Crippen molar-refractivity contribution in [3.63, 3.8) is 0 Å². The normalized spacial score (nSPS) is 17.2. The molecule has 3 rings (SSSR count). The second kappa shape index (κ2) is 5.67. The van der Waals surface area contributed by atoms with Crippen molar-refractivity contribution in [2.75, 3.05) is 19.0 Å². The van der Waals surface area contributed by atoms with Crippen molar-refractivity contribution in [3.05, 3.63) is 16.0 Å². The summed E-state index contributed by atoms with van der Waals surface area (Å²) < 4.78 is 4.92. The van der Waals surface area contributed by atoms with E-state index in [1.165, 1.54) is 12.0 Å². The van der Waals surface area contributed by atoms with Gasteiger partial charge >= 0.3 is 5.97 Å². The molecule has 0 atom stereocenters. The van der Waals surface area contributed by atoms with Crippen molar-refractivity contribution in [3.8, 4) is 0 Å². The van der Waals surface area contributed by atoms with Crippen molar-refractivity contribution in [2.24, 2.45) is 0 Å². The summed E-state index contributed by atoms with van der Waals surface area (Å²) in [7, 11) is 1.41. The van der Waals surface area contributed by atoms with Gasteiger partial charge < -0.3 is 20.7 Å². The highest BCUT2D eigenvalue weighted by Crippen LogP contribution is 2.36. The number of thiocarbonyl (C=S) groups is 1. The maximum Gasteiger partial charge on any atom is 0.341 e. The van der Waals surface area contributed by atoms with Crippen molar-refractivity contribution in [2.45, 2.75) is 31.8 Å². The van der Waals surface area contributed by atoms with Crippen LogP contribution in [0.3, 0.4) is 0 Å². The molecule has 1 fully saturated rings.